The van der Waals surface area contributed by atoms with Crippen LogP contribution in [0.25, 0.3) is 10.8 Å². The SMILES string of the molecule is CCOc1cccc(NC(=O)c2cc3ccccc3c(N=Nc3cc(Cl)cc(CC)c3S(=O)(=O)O)c2O)c1. The Morgan fingerprint density at radius 3 is 2.50 bits per heavy atom. The van der Waals surface area contributed by atoms with Crippen molar-refractivity contribution < 1.29 is 27.6 Å². The quantitative estimate of drug-likeness (QED) is 0.157. The van der Waals surface area contributed by atoms with Crippen molar-refractivity contribution in [1.29, 1.82) is 0 Å². The van der Waals surface area contributed by atoms with Crippen molar-refractivity contribution in [2.75, 3.05) is 11.9 Å². The molecule has 0 aliphatic rings. The molecule has 1 amide bonds. The Morgan fingerprint density at radius 1 is 1.03 bits per heavy atom. The molecule has 0 radical (unpaired) electrons. The first kappa shape index (κ1) is 27.1. The minimum absolute atomic E-state index is 0.0596. The van der Waals surface area contributed by atoms with E-state index in [1.807, 2.05) is 6.92 Å². The third-order valence-corrected chi connectivity index (χ3v) is 6.86. The summed E-state index contributed by atoms with van der Waals surface area (Å²) in [6.07, 6.45) is 0.256. The van der Waals surface area contributed by atoms with E-state index < -0.39 is 26.7 Å². The zero-order valence-electron chi connectivity index (χ0n) is 20.5. The summed E-state index contributed by atoms with van der Waals surface area (Å²) >= 11 is 6.14. The Kier molecular flexibility index (Phi) is 7.96. The van der Waals surface area contributed by atoms with Gasteiger partial charge in [-0.2, -0.15) is 8.42 Å². The fourth-order valence-corrected chi connectivity index (χ4v) is 5.13. The number of halogens is 1. The highest BCUT2D eigenvalue weighted by Gasteiger charge is 2.22. The largest absolute Gasteiger partial charge is 0.505 e. The summed E-state index contributed by atoms with van der Waals surface area (Å²) < 4.78 is 39.5. The average Bonchev–Trinajstić information content (AvgIpc) is 2.87. The summed E-state index contributed by atoms with van der Waals surface area (Å²) in [4.78, 5) is 12.7. The summed E-state index contributed by atoms with van der Waals surface area (Å²) in [7, 11) is -4.66. The number of aryl methyl sites for hydroxylation is 1. The Labute approximate surface area is 224 Å². The highest BCUT2D eigenvalue weighted by molar-refractivity contribution is 7.86. The van der Waals surface area contributed by atoms with Gasteiger partial charge in [0.1, 0.15) is 22.0 Å². The second kappa shape index (κ2) is 11.2. The number of carbonyl (C=O) groups excluding carboxylic acids is 1. The topological polar surface area (TPSA) is 138 Å². The lowest BCUT2D eigenvalue weighted by Crippen LogP contribution is -2.12. The van der Waals surface area contributed by atoms with Crippen molar-refractivity contribution >= 4 is 55.5 Å². The van der Waals surface area contributed by atoms with Gasteiger partial charge in [0.25, 0.3) is 16.0 Å². The maximum absolute atomic E-state index is 13.2. The van der Waals surface area contributed by atoms with Crippen LogP contribution in [0.15, 0.2) is 81.9 Å². The van der Waals surface area contributed by atoms with Crippen molar-refractivity contribution in [3.05, 3.63) is 82.9 Å². The normalized spacial score (nSPS) is 11.7. The predicted molar refractivity (Wildman–Crippen MR) is 146 cm³/mol. The number of benzene rings is 4. The Bertz CT molecular complexity index is 1670. The number of phenols is 1. The summed E-state index contributed by atoms with van der Waals surface area (Å²) in [5, 5.41) is 23.2. The predicted octanol–water partition coefficient (Wildman–Crippen LogP) is 7.07. The molecule has 38 heavy (non-hydrogen) atoms. The molecule has 0 fully saturated rings. The molecule has 0 saturated heterocycles. The number of rotatable bonds is 8. The maximum atomic E-state index is 13.2. The highest BCUT2D eigenvalue weighted by Crippen LogP contribution is 2.41. The molecule has 0 heterocycles. The minimum atomic E-state index is -4.66. The van der Waals surface area contributed by atoms with Crippen LogP contribution >= 0.6 is 11.6 Å². The number of nitrogens with zero attached hydrogens (tertiary/aromatic N) is 2. The lowest BCUT2D eigenvalue weighted by atomic mass is 10.0. The molecule has 11 heteroatoms. The van der Waals surface area contributed by atoms with Gasteiger partial charge in [0, 0.05) is 22.2 Å². The van der Waals surface area contributed by atoms with Crippen molar-refractivity contribution in [1.82, 2.24) is 0 Å². The molecule has 0 bridgehead atoms. The van der Waals surface area contributed by atoms with Gasteiger partial charge in [-0.25, -0.2) is 0 Å². The average molecular weight is 554 g/mol. The zero-order valence-corrected chi connectivity index (χ0v) is 22.0. The van der Waals surface area contributed by atoms with Crippen LogP contribution in [0, 0.1) is 0 Å². The summed E-state index contributed by atoms with van der Waals surface area (Å²) in [6, 6.07) is 17.9. The van der Waals surface area contributed by atoms with E-state index >= 15 is 0 Å². The van der Waals surface area contributed by atoms with Gasteiger partial charge in [-0.3, -0.25) is 9.35 Å². The molecular formula is C27H24ClN3O6S. The molecule has 0 saturated carbocycles. The van der Waals surface area contributed by atoms with Crippen molar-refractivity contribution in [3.63, 3.8) is 0 Å². The van der Waals surface area contributed by atoms with Gasteiger partial charge in [-0.05, 0) is 54.6 Å². The van der Waals surface area contributed by atoms with Gasteiger partial charge in [0.05, 0.1) is 12.2 Å². The molecule has 3 N–H and O–H groups in total. The molecule has 4 aromatic carbocycles. The molecule has 196 valence electrons. The summed E-state index contributed by atoms with van der Waals surface area (Å²) in [6.45, 7) is 4.01. The Balaban J connectivity index is 1.82. The third-order valence-electron chi connectivity index (χ3n) is 5.65. The molecule has 4 aromatic rings. The van der Waals surface area contributed by atoms with Crippen LogP contribution in [-0.4, -0.2) is 30.6 Å². The fraction of sp³-hybridized carbons (Fsp3) is 0.148. The molecule has 4 rings (SSSR count). The maximum Gasteiger partial charge on any atom is 0.297 e. The lowest BCUT2D eigenvalue weighted by Gasteiger charge is -2.12. The van der Waals surface area contributed by atoms with Gasteiger partial charge >= 0.3 is 0 Å². The number of hydrogen-bond acceptors (Lipinski definition) is 7. The number of aromatic hydroxyl groups is 1. The van der Waals surface area contributed by atoms with E-state index in [1.165, 1.54) is 18.2 Å². The van der Waals surface area contributed by atoms with E-state index in [-0.39, 0.29) is 33.9 Å². The van der Waals surface area contributed by atoms with Crippen LogP contribution < -0.4 is 10.1 Å². The number of hydrogen-bond donors (Lipinski definition) is 3. The molecule has 0 aromatic heterocycles. The second-order valence-corrected chi connectivity index (χ2v) is 9.99. The minimum Gasteiger partial charge on any atom is -0.505 e. The van der Waals surface area contributed by atoms with Gasteiger partial charge in [0.2, 0.25) is 0 Å². The molecule has 0 atom stereocenters. The number of fused-ring (bicyclic) bond motifs is 1. The van der Waals surface area contributed by atoms with Crippen molar-refractivity contribution in [2.24, 2.45) is 10.2 Å². The Hall–Kier alpha value is -3.99. The standard InChI is InChI=1S/C27H24ClN3O6S/c1-3-16-12-18(28)14-23(26(16)38(34,35)36)30-31-24-21-11-6-5-8-17(21)13-22(25(24)32)27(33)29-19-9-7-10-20(15-19)37-4-2/h5-15,32H,3-4H2,1-2H3,(H,29,33)(H,34,35,36). The van der Waals surface area contributed by atoms with Gasteiger partial charge < -0.3 is 15.2 Å². The molecule has 0 aliphatic heterocycles. The number of nitrogens with one attached hydrogen (secondary N) is 1. The first-order valence-corrected chi connectivity index (χ1v) is 13.4. The van der Waals surface area contributed by atoms with Crippen LogP contribution in [0.4, 0.5) is 17.1 Å². The van der Waals surface area contributed by atoms with E-state index in [4.69, 9.17) is 16.3 Å². The van der Waals surface area contributed by atoms with Crippen molar-refractivity contribution in [2.45, 2.75) is 25.2 Å². The van der Waals surface area contributed by atoms with Crippen LogP contribution in [0.1, 0.15) is 29.8 Å². The molecule has 0 unspecified atom stereocenters. The third kappa shape index (κ3) is 5.77. The number of amides is 1. The number of anilines is 1. The van der Waals surface area contributed by atoms with Crippen molar-refractivity contribution in [3.8, 4) is 11.5 Å². The van der Waals surface area contributed by atoms with Gasteiger partial charge in [-0.15, -0.1) is 10.2 Å². The Morgan fingerprint density at radius 2 is 1.79 bits per heavy atom. The van der Waals surface area contributed by atoms with Gasteiger partial charge in [0.15, 0.2) is 5.75 Å². The molecular weight excluding hydrogens is 530 g/mol. The number of carbonyl (C=O) groups is 1. The van der Waals surface area contributed by atoms with Crippen LogP contribution in [0.2, 0.25) is 5.02 Å². The van der Waals surface area contributed by atoms with E-state index in [9.17, 15) is 22.9 Å². The lowest BCUT2D eigenvalue weighted by molar-refractivity contribution is 0.102. The highest BCUT2D eigenvalue weighted by atomic mass is 35.5. The van der Waals surface area contributed by atoms with Gasteiger partial charge in [-0.1, -0.05) is 48.9 Å². The van der Waals surface area contributed by atoms with E-state index in [2.05, 4.69) is 15.5 Å². The van der Waals surface area contributed by atoms with E-state index in [0.717, 1.165) is 0 Å². The number of azo groups is 1. The zero-order chi connectivity index (χ0) is 27.4. The van der Waals surface area contributed by atoms with Crippen LogP contribution in [0.3, 0.4) is 0 Å². The van der Waals surface area contributed by atoms with E-state index in [1.54, 1.807) is 55.5 Å². The summed E-state index contributed by atoms with van der Waals surface area (Å²) in [5.41, 5.74) is 0.374. The monoisotopic (exact) mass is 553 g/mol. The first-order chi connectivity index (χ1) is 18.1. The van der Waals surface area contributed by atoms with Crippen LogP contribution in [0.5, 0.6) is 11.5 Å². The number of phenolic OH excluding ortho intramolecular Hbond substituents is 1. The number of ether oxygens (including phenoxy) is 1. The first-order valence-electron chi connectivity index (χ1n) is 11.6. The molecule has 0 aliphatic carbocycles. The van der Waals surface area contributed by atoms with E-state index in [0.29, 0.717) is 28.8 Å². The smallest absolute Gasteiger partial charge is 0.297 e. The second-order valence-electron chi connectivity index (χ2n) is 8.20. The molecule has 0 spiro atoms. The fourth-order valence-electron chi connectivity index (χ4n) is 3.99. The van der Waals surface area contributed by atoms with Crippen LogP contribution in [-0.2, 0) is 16.5 Å². The molecule has 9 nitrogen and oxygen atoms in total. The summed E-state index contributed by atoms with van der Waals surface area (Å²) in [5.74, 6) is -0.491.